The van der Waals surface area contributed by atoms with E-state index in [4.69, 9.17) is 11.6 Å². The Balaban J connectivity index is 2.46. The molecule has 0 aliphatic heterocycles. The minimum absolute atomic E-state index is 0.227. The van der Waals surface area contributed by atoms with E-state index in [0.29, 0.717) is 0 Å². The van der Waals surface area contributed by atoms with E-state index >= 15 is 0 Å². The van der Waals surface area contributed by atoms with Crippen LogP contribution in [-0.2, 0) is 0 Å². The summed E-state index contributed by atoms with van der Waals surface area (Å²) in [5.74, 6) is 0. The molecule has 1 unspecified atom stereocenters. The van der Waals surface area contributed by atoms with E-state index in [1.807, 2.05) is 17.4 Å². The van der Waals surface area contributed by atoms with Crippen molar-refractivity contribution >= 4 is 45.5 Å². The normalized spacial score (nSPS) is 12.7. The molecule has 1 atom stereocenters. The highest BCUT2D eigenvalue weighted by atomic mass is 127. The average molecular weight is 420 g/mol. The number of nitrogens with one attached hydrogen (secondary N) is 1. The number of aryl methyl sites for hydroxylation is 2. The van der Waals surface area contributed by atoms with E-state index < -0.39 is 0 Å². The molecule has 0 radical (unpaired) electrons. The molecule has 4 heteroatoms. The molecule has 1 aromatic carbocycles. The summed E-state index contributed by atoms with van der Waals surface area (Å²) < 4.78 is 1.25. The second-order valence-corrected chi connectivity index (χ2v) is 7.98. The van der Waals surface area contributed by atoms with Crippen molar-refractivity contribution in [3.05, 3.63) is 53.7 Å². The summed E-state index contributed by atoms with van der Waals surface area (Å²) >= 11 is 10.5. The number of hydrogen-bond donors (Lipinski definition) is 1. The SMILES string of the molecule is CCCNC(c1cc(Cl)ccc1I)c1cc(C)sc1C. The molecule has 1 heterocycles. The maximum Gasteiger partial charge on any atom is 0.0598 e. The van der Waals surface area contributed by atoms with Gasteiger partial charge in [-0.25, -0.2) is 0 Å². The number of halogens is 2. The van der Waals surface area contributed by atoms with Gasteiger partial charge in [0.25, 0.3) is 0 Å². The lowest BCUT2D eigenvalue weighted by atomic mass is 9.99. The molecule has 1 aromatic heterocycles. The predicted molar refractivity (Wildman–Crippen MR) is 98.1 cm³/mol. The highest BCUT2D eigenvalue weighted by Crippen LogP contribution is 2.34. The second-order valence-electron chi connectivity index (χ2n) is 4.92. The number of thiophene rings is 1. The van der Waals surface area contributed by atoms with Gasteiger partial charge in [0.2, 0.25) is 0 Å². The molecule has 0 saturated carbocycles. The third kappa shape index (κ3) is 3.75. The first kappa shape index (κ1) is 16.3. The zero-order valence-electron chi connectivity index (χ0n) is 12.0. The molecule has 1 N–H and O–H groups in total. The van der Waals surface area contributed by atoms with Crippen LogP contribution in [0.25, 0.3) is 0 Å². The van der Waals surface area contributed by atoms with Gasteiger partial charge in [0, 0.05) is 18.3 Å². The fourth-order valence-electron chi connectivity index (χ4n) is 2.35. The first-order chi connectivity index (χ1) is 9.52. The third-order valence-electron chi connectivity index (χ3n) is 3.26. The Hall–Kier alpha value is -0.100. The summed E-state index contributed by atoms with van der Waals surface area (Å²) in [7, 11) is 0. The van der Waals surface area contributed by atoms with Crippen LogP contribution in [0, 0.1) is 17.4 Å². The molecule has 2 rings (SSSR count). The molecule has 108 valence electrons. The molecule has 0 fully saturated rings. The Morgan fingerprint density at radius 1 is 1.25 bits per heavy atom. The maximum absolute atomic E-state index is 6.20. The van der Waals surface area contributed by atoms with Crippen molar-refractivity contribution in [3.8, 4) is 0 Å². The molecule has 0 amide bonds. The molecule has 0 aliphatic carbocycles. The minimum atomic E-state index is 0.227. The van der Waals surface area contributed by atoms with Gasteiger partial charge in [-0.2, -0.15) is 0 Å². The predicted octanol–water partition coefficient (Wildman–Crippen LogP) is 5.71. The lowest BCUT2D eigenvalue weighted by molar-refractivity contribution is 0.596. The van der Waals surface area contributed by atoms with E-state index in [0.717, 1.165) is 18.0 Å². The molecule has 20 heavy (non-hydrogen) atoms. The Labute approximate surface area is 143 Å². The zero-order chi connectivity index (χ0) is 14.7. The molecule has 0 spiro atoms. The van der Waals surface area contributed by atoms with E-state index in [-0.39, 0.29) is 6.04 Å². The summed E-state index contributed by atoms with van der Waals surface area (Å²) in [6.07, 6.45) is 1.12. The first-order valence-electron chi connectivity index (χ1n) is 6.78. The fourth-order valence-corrected chi connectivity index (χ4v) is 4.14. The van der Waals surface area contributed by atoms with Gasteiger partial charge in [0.05, 0.1) is 6.04 Å². The molecule has 2 aromatic rings. The van der Waals surface area contributed by atoms with Crippen LogP contribution in [0.3, 0.4) is 0 Å². The third-order valence-corrected chi connectivity index (χ3v) is 5.46. The quantitative estimate of drug-likeness (QED) is 0.612. The van der Waals surface area contributed by atoms with Crippen molar-refractivity contribution in [2.24, 2.45) is 0 Å². The van der Waals surface area contributed by atoms with E-state index in [2.05, 4.69) is 66.9 Å². The molecule has 0 bridgehead atoms. The molecule has 0 saturated heterocycles. The average Bonchev–Trinajstić information content (AvgIpc) is 2.73. The van der Waals surface area contributed by atoms with Crippen molar-refractivity contribution in [3.63, 3.8) is 0 Å². The summed E-state index contributed by atoms with van der Waals surface area (Å²) in [5.41, 5.74) is 2.65. The van der Waals surface area contributed by atoms with Crippen molar-refractivity contribution in [2.45, 2.75) is 33.2 Å². The van der Waals surface area contributed by atoms with E-state index in [1.165, 1.54) is 24.5 Å². The van der Waals surface area contributed by atoms with Gasteiger partial charge in [-0.1, -0.05) is 18.5 Å². The van der Waals surface area contributed by atoms with Crippen molar-refractivity contribution in [1.82, 2.24) is 5.32 Å². The van der Waals surface area contributed by atoms with E-state index in [9.17, 15) is 0 Å². The second kappa shape index (κ2) is 7.25. The van der Waals surface area contributed by atoms with Crippen LogP contribution in [0.5, 0.6) is 0 Å². The van der Waals surface area contributed by atoms with Gasteiger partial charge < -0.3 is 5.32 Å². The molecule has 0 aliphatic rings. The van der Waals surface area contributed by atoms with Crippen molar-refractivity contribution < 1.29 is 0 Å². The van der Waals surface area contributed by atoms with Crippen LogP contribution >= 0.6 is 45.5 Å². The van der Waals surface area contributed by atoms with Crippen LogP contribution < -0.4 is 5.32 Å². The zero-order valence-corrected chi connectivity index (χ0v) is 15.7. The van der Waals surface area contributed by atoms with Gasteiger partial charge in [-0.05, 0) is 84.8 Å². The summed E-state index contributed by atoms with van der Waals surface area (Å²) in [5, 5.41) is 4.47. The van der Waals surface area contributed by atoms with Crippen LogP contribution in [0.4, 0.5) is 0 Å². The van der Waals surface area contributed by atoms with Crippen LogP contribution in [0.1, 0.15) is 40.3 Å². The smallest absolute Gasteiger partial charge is 0.0598 e. The Kier molecular flexibility index (Phi) is 5.90. The minimum Gasteiger partial charge on any atom is -0.306 e. The Bertz CT molecular complexity index is 594. The lowest BCUT2D eigenvalue weighted by Gasteiger charge is -2.21. The van der Waals surface area contributed by atoms with Gasteiger partial charge in [-0.15, -0.1) is 11.3 Å². The highest BCUT2D eigenvalue weighted by Gasteiger charge is 2.20. The molecular weight excluding hydrogens is 401 g/mol. The van der Waals surface area contributed by atoms with Gasteiger partial charge >= 0.3 is 0 Å². The van der Waals surface area contributed by atoms with Gasteiger partial charge in [0.15, 0.2) is 0 Å². The van der Waals surface area contributed by atoms with Gasteiger partial charge in [0.1, 0.15) is 0 Å². The fraction of sp³-hybridized carbons (Fsp3) is 0.375. The largest absolute Gasteiger partial charge is 0.306 e. The molecule has 1 nitrogen and oxygen atoms in total. The Morgan fingerprint density at radius 3 is 2.60 bits per heavy atom. The summed E-state index contributed by atoms with van der Waals surface area (Å²) in [4.78, 5) is 2.74. The number of benzene rings is 1. The molecular formula is C16H19ClINS. The first-order valence-corrected chi connectivity index (χ1v) is 9.05. The van der Waals surface area contributed by atoms with Crippen LogP contribution in [-0.4, -0.2) is 6.54 Å². The highest BCUT2D eigenvalue weighted by molar-refractivity contribution is 14.1. The maximum atomic E-state index is 6.20. The van der Waals surface area contributed by atoms with E-state index in [1.54, 1.807) is 0 Å². The van der Waals surface area contributed by atoms with Gasteiger partial charge in [-0.3, -0.25) is 0 Å². The lowest BCUT2D eigenvalue weighted by Crippen LogP contribution is -2.24. The topological polar surface area (TPSA) is 12.0 Å². The standard InChI is InChI=1S/C16H19ClINS/c1-4-7-19-16(13-8-10(2)20-11(13)3)14-9-12(17)5-6-15(14)18/h5-6,8-9,16,19H,4,7H2,1-3H3. The van der Waals surface area contributed by atoms with Crippen LogP contribution in [0.15, 0.2) is 24.3 Å². The number of hydrogen-bond acceptors (Lipinski definition) is 2. The Morgan fingerprint density at radius 2 is 2.00 bits per heavy atom. The van der Waals surface area contributed by atoms with Crippen molar-refractivity contribution in [1.29, 1.82) is 0 Å². The summed E-state index contributed by atoms with van der Waals surface area (Å²) in [6, 6.07) is 8.65. The van der Waals surface area contributed by atoms with Crippen LogP contribution in [0.2, 0.25) is 5.02 Å². The number of rotatable bonds is 5. The monoisotopic (exact) mass is 419 g/mol. The van der Waals surface area contributed by atoms with Crippen molar-refractivity contribution in [2.75, 3.05) is 6.54 Å². The summed E-state index contributed by atoms with van der Waals surface area (Å²) in [6.45, 7) is 7.56.